The van der Waals surface area contributed by atoms with Crippen LogP contribution in [0.4, 0.5) is 10.1 Å². The monoisotopic (exact) mass is 396 g/mol. The van der Waals surface area contributed by atoms with Crippen molar-refractivity contribution >= 4 is 33.4 Å². The van der Waals surface area contributed by atoms with Crippen LogP contribution >= 0.6 is 11.8 Å². The fourth-order valence-corrected chi connectivity index (χ4v) is 3.96. The molecule has 0 fully saturated rings. The molecule has 0 aliphatic rings. The van der Waals surface area contributed by atoms with Crippen molar-refractivity contribution in [2.75, 3.05) is 17.3 Å². The van der Waals surface area contributed by atoms with Crippen molar-refractivity contribution in [3.05, 3.63) is 59.9 Å². The molecule has 2 rings (SSSR count). The summed E-state index contributed by atoms with van der Waals surface area (Å²) in [5, 5.41) is 2.58. The zero-order valence-corrected chi connectivity index (χ0v) is 16.2. The second-order valence-corrected chi connectivity index (χ2v) is 8.42. The Morgan fingerprint density at radius 1 is 1.19 bits per heavy atom. The molecule has 26 heavy (non-hydrogen) atoms. The van der Waals surface area contributed by atoms with Crippen molar-refractivity contribution in [2.45, 2.75) is 24.3 Å². The van der Waals surface area contributed by atoms with Gasteiger partial charge >= 0.3 is 0 Å². The molecule has 5 nitrogen and oxygen atoms in total. The van der Waals surface area contributed by atoms with E-state index < -0.39 is 27.8 Å². The molecule has 1 unspecified atom stereocenters. The minimum atomic E-state index is -3.84. The van der Waals surface area contributed by atoms with Crippen molar-refractivity contribution in [3.8, 4) is 0 Å². The Morgan fingerprint density at radius 2 is 1.88 bits per heavy atom. The highest BCUT2D eigenvalue weighted by molar-refractivity contribution is 7.98. The van der Waals surface area contributed by atoms with Crippen molar-refractivity contribution in [1.82, 2.24) is 4.72 Å². The summed E-state index contributed by atoms with van der Waals surface area (Å²) in [5.74, 6) is -0.368. The molecule has 0 bridgehead atoms. The average molecular weight is 397 g/mol. The first-order valence-corrected chi connectivity index (χ1v) is 10.8. The summed E-state index contributed by atoms with van der Waals surface area (Å²) in [6, 6.07) is 11.2. The van der Waals surface area contributed by atoms with Gasteiger partial charge in [0.1, 0.15) is 11.9 Å². The lowest BCUT2D eigenvalue weighted by molar-refractivity contribution is -0.117. The van der Waals surface area contributed by atoms with E-state index in [9.17, 15) is 17.6 Å². The van der Waals surface area contributed by atoms with E-state index in [1.54, 1.807) is 37.3 Å². The number of aryl methyl sites for hydroxylation is 1. The molecule has 0 saturated heterocycles. The molecule has 8 heteroatoms. The van der Waals surface area contributed by atoms with Gasteiger partial charge in [-0.3, -0.25) is 4.79 Å². The van der Waals surface area contributed by atoms with Crippen LogP contribution in [0.2, 0.25) is 0 Å². The minimum Gasteiger partial charge on any atom is -0.325 e. The summed E-state index contributed by atoms with van der Waals surface area (Å²) >= 11 is 1.51. The number of amides is 1. The van der Waals surface area contributed by atoms with Gasteiger partial charge < -0.3 is 5.32 Å². The predicted octanol–water partition coefficient (Wildman–Crippen LogP) is 3.17. The highest BCUT2D eigenvalue weighted by Gasteiger charge is 2.25. The topological polar surface area (TPSA) is 75.3 Å². The van der Waals surface area contributed by atoms with E-state index in [0.717, 1.165) is 0 Å². The highest BCUT2D eigenvalue weighted by atomic mass is 32.2. The van der Waals surface area contributed by atoms with Gasteiger partial charge in [-0.2, -0.15) is 16.5 Å². The molecule has 2 aromatic carbocycles. The predicted molar refractivity (Wildman–Crippen MR) is 103 cm³/mol. The summed E-state index contributed by atoms with van der Waals surface area (Å²) in [5.41, 5.74) is 0.748. The molecule has 2 aromatic rings. The summed E-state index contributed by atoms with van der Waals surface area (Å²) < 4.78 is 41.1. The second-order valence-electron chi connectivity index (χ2n) is 5.72. The molecule has 0 spiro atoms. The zero-order valence-electron chi connectivity index (χ0n) is 14.5. The van der Waals surface area contributed by atoms with E-state index in [-0.39, 0.29) is 10.6 Å². The summed E-state index contributed by atoms with van der Waals surface area (Å²) in [6.07, 6.45) is 2.18. The van der Waals surface area contributed by atoms with E-state index in [1.807, 2.05) is 6.26 Å². The van der Waals surface area contributed by atoms with Crippen molar-refractivity contribution < 1.29 is 17.6 Å². The Kier molecular flexibility index (Phi) is 7.19. The van der Waals surface area contributed by atoms with Crippen LogP contribution in [0.1, 0.15) is 12.0 Å². The lowest BCUT2D eigenvalue weighted by atomic mass is 10.2. The molecule has 0 heterocycles. The Labute approximate surface area is 157 Å². The van der Waals surface area contributed by atoms with Gasteiger partial charge in [-0.05, 0) is 55.2 Å². The second kappa shape index (κ2) is 9.16. The van der Waals surface area contributed by atoms with Gasteiger partial charge in [0.05, 0.1) is 4.90 Å². The molecular formula is C18H21FN2O3S2. The van der Waals surface area contributed by atoms with E-state index in [1.165, 1.54) is 30.0 Å². The van der Waals surface area contributed by atoms with Crippen molar-refractivity contribution in [2.24, 2.45) is 0 Å². The third-order valence-electron chi connectivity index (χ3n) is 3.72. The molecule has 140 valence electrons. The molecular weight excluding hydrogens is 375 g/mol. The Bertz CT molecular complexity index is 858. The standard InChI is InChI=1S/C18H21FN2O3S2/c1-13-8-9-14(12-16(13)19)20-18(22)17(10-11-25-2)21-26(23,24)15-6-4-3-5-7-15/h3-9,12,17,21H,10-11H2,1-2H3,(H,20,22). The van der Waals surface area contributed by atoms with Crippen LogP contribution in [0.25, 0.3) is 0 Å². The number of rotatable bonds is 8. The maximum Gasteiger partial charge on any atom is 0.242 e. The molecule has 0 radical (unpaired) electrons. The number of benzene rings is 2. The number of sulfonamides is 1. The zero-order chi connectivity index (χ0) is 19.2. The van der Waals surface area contributed by atoms with E-state index >= 15 is 0 Å². The van der Waals surface area contributed by atoms with Crippen LogP contribution in [0, 0.1) is 12.7 Å². The number of nitrogens with one attached hydrogen (secondary N) is 2. The number of anilines is 1. The molecule has 0 aliphatic carbocycles. The van der Waals surface area contributed by atoms with Gasteiger partial charge in [-0.15, -0.1) is 0 Å². The van der Waals surface area contributed by atoms with Crippen LogP contribution in [-0.2, 0) is 14.8 Å². The lowest BCUT2D eigenvalue weighted by Gasteiger charge is -2.18. The summed E-state index contributed by atoms with van der Waals surface area (Å²) in [6.45, 7) is 1.62. The van der Waals surface area contributed by atoms with E-state index in [2.05, 4.69) is 10.0 Å². The first-order valence-electron chi connectivity index (χ1n) is 7.97. The van der Waals surface area contributed by atoms with E-state index in [0.29, 0.717) is 17.7 Å². The number of hydrogen-bond acceptors (Lipinski definition) is 4. The quantitative estimate of drug-likeness (QED) is 0.719. The maximum absolute atomic E-state index is 13.7. The van der Waals surface area contributed by atoms with E-state index in [4.69, 9.17) is 0 Å². The summed E-state index contributed by atoms with van der Waals surface area (Å²) in [4.78, 5) is 12.6. The fourth-order valence-electron chi connectivity index (χ4n) is 2.23. The SMILES string of the molecule is CSCCC(NS(=O)(=O)c1ccccc1)C(=O)Nc1ccc(C)c(F)c1. The van der Waals surface area contributed by atoms with Gasteiger partial charge in [-0.1, -0.05) is 24.3 Å². The fraction of sp³-hybridized carbons (Fsp3) is 0.278. The molecule has 0 saturated carbocycles. The first kappa shape index (κ1) is 20.4. The average Bonchev–Trinajstić information content (AvgIpc) is 2.62. The van der Waals surface area contributed by atoms with Gasteiger partial charge in [0.15, 0.2) is 0 Å². The normalized spacial score (nSPS) is 12.6. The van der Waals surface area contributed by atoms with Crippen molar-refractivity contribution in [3.63, 3.8) is 0 Å². The molecule has 0 aromatic heterocycles. The van der Waals surface area contributed by atoms with Crippen LogP contribution in [0.5, 0.6) is 0 Å². The van der Waals surface area contributed by atoms with Crippen LogP contribution in [0.3, 0.4) is 0 Å². The number of halogens is 1. The third kappa shape index (κ3) is 5.55. The van der Waals surface area contributed by atoms with Crippen LogP contribution < -0.4 is 10.0 Å². The number of carbonyl (C=O) groups is 1. The molecule has 1 amide bonds. The number of hydrogen-bond donors (Lipinski definition) is 2. The van der Waals surface area contributed by atoms with Gasteiger partial charge in [0, 0.05) is 5.69 Å². The largest absolute Gasteiger partial charge is 0.325 e. The molecule has 2 N–H and O–H groups in total. The van der Waals surface area contributed by atoms with Crippen LogP contribution in [0.15, 0.2) is 53.4 Å². The first-order chi connectivity index (χ1) is 12.3. The minimum absolute atomic E-state index is 0.0864. The molecule has 1 atom stereocenters. The Hall–Kier alpha value is -1.90. The maximum atomic E-state index is 13.7. The van der Waals surface area contributed by atoms with Crippen molar-refractivity contribution in [1.29, 1.82) is 0 Å². The van der Waals surface area contributed by atoms with Gasteiger partial charge in [0.25, 0.3) is 0 Å². The smallest absolute Gasteiger partial charge is 0.242 e. The van der Waals surface area contributed by atoms with Gasteiger partial charge in [0.2, 0.25) is 15.9 Å². The Morgan fingerprint density at radius 3 is 2.50 bits per heavy atom. The molecule has 0 aliphatic heterocycles. The third-order valence-corrected chi connectivity index (χ3v) is 5.85. The van der Waals surface area contributed by atoms with Gasteiger partial charge in [-0.25, -0.2) is 12.8 Å². The highest BCUT2D eigenvalue weighted by Crippen LogP contribution is 2.16. The summed E-state index contributed by atoms with van der Waals surface area (Å²) in [7, 11) is -3.84. The lowest BCUT2D eigenvalue weighted by Crippen LogP contribution is -2.44. The number of carbonyl (C=O) groups excluding carboxylic acids is 1. The Balaban J connectivity index is 2.17. The van der Waals surface area contributed by atoms with Crippen LogP contribution in [-0.4, -0.2) is 32.4 Å². The number of thioether (sulfide) groups is 1.